The number of carbonyl (C=O) groups is 1. The summed E-state index contributed by atoms with van der Waals surface area (Å²) in [7, 11) is 0. The zero-order valence-corrected chi connectivity index (χ0v) is 12.9. The number of carbonyl (C=O) groups excluding carboxylic acids is 1. The molecule has 1 heterocycles. The molecule has 1 aromatic carbocycles. The van der Waals surface area contributed by atoms with E-state index in [1.165, 1.54) is 5.56 Å². The molecule has 0 fully saturated rings. The van der Waals surface area contributed by atoms with Crippen LogP contribution in [0.5, 0.6) is 0 Å². The number of unbranched alkanes of at least 4 members (excludes halogenated alkanes) is 1. The summed E-state index contributed by atoms with van der Waals surface area (Å²) in [5.41, 5.74) is 2.33. The summed E-state index contributed by atoms with van der Waals surface area (Å²) in [5.74, 6) is -0.0343. The number of nitrogens with zero attached hydrogens (tertiary/aromatic N) is 2. The molecule has 0 aliphatic carbocycles. The molecule has 20 heavy (non-hydrogen) atoms. The largest absolute Gasteiger partial charge is 0.313 e. The summed E-state index contributed by atoms with van der Waals surface area (Å²) in [5, 5.41) is 0. The van der Waals surface area contributed by atoms with Crippen molar-refractivity contribution in [3.63, 3.8) is 0 Å². The quantitative estimate of drug-likeness (QED) is 0.770. The summed E-state index contributed by atoms with van der Waals surface area (Å²) in [4.78, 5) is 16.9. The normalized spacial score (nSPS) is 12.0. The number of hydrogen-bond acceptors (Lipinski definition) is 2. The topological polar surface area (TPSA) is 34.4 Å². The third-order valence-corrected chi connectivity index (χ3v) is 4.16. The molecule has 0 spiro atoms. The van der Waals surface area contributed by atoms with E-state index in [9.17, 15) is 4.79 Å². The van der Waals surface area contributed by atoms with Gasteiger partial charge in [0, 0.05) is 13.0 Å². The third kappa shape index (κ3) is 3.25. The minimum atomic E-state index is -0.0343. The van der Waals surface area contributed by atoms with E-state index in [2.05, 4.69) is 48.2 Å². The van der Waals surface area contributed by atoms with Crippen LogP contribution in [0.25, 0.3) is 10.2 Å². The van der Waals surface area contributed by atoms with Crippen LogP contribution in [-0.4, -0.2) is 10.5 Å². The molecule has 0 N–H and O–H groups in total. The molecular weight excluding hydrogens is 268 g/mol. The number of rotatable bonds is 5. The summed E-state index contributed by atoms with van der Waals surface area (Å²) >= 11 is 1.57. The van der Waals surface area contributed by atoms with Crippen molar-refractivity contribution in [2.45, 2.75) is 39.7 Å². The highest BCUT2D eigenvalue weighted by Crippen LogP contribution is 2.19. The van der Waals surface area contributed by atoms with Gasteiger partial charge >= 0.3 is 0 Å². The van der Waals surface area contributed by atoms with Gasteiger partial charge in [0.15, 0.2) is 4.80 Å². The third-order valence-electron chi connectivity index (χ3n) is 3.11. The molecular formula is C16H20N2OS. The number of aromatic nitrogens is 1. The van der Waals surface area contributed by atoms with Gasteiger partial charge in [-0.2, -0.15) is 4.99 Å². The fourth-order valence-corrected chi connectivity index (χ4v) is 3.22. The lowest BCUT2D eigenvalue weighted by atomic mass is 10.2. The van der Waals surface area contributed by atoms with E-state index in [0.717, 1.165) is 27.9 Å². The molecule has 0 aliphatic heterocycles. The Balaban J connectivity index is 2.50. The summed E-state index contributed by atoms with van der Waals surface area (Å²) in [6, 6.07) is 6.30. The molecule has 1 amide bonds. The van der Waals surface area contributed by atoms with E-state index in [-0.39, 0.29) is 5.91 Å². The zero-order chi connectivity index (χ0) is 14.5. The number of benzene rings is 1. The van der Waals surface area contributed by atoms with E-state index < -0.39 is 0 Å². The van der Waals surface area contributed by atoms with Gasteiger partial charge < -0.3 is 4.57 Å². The maximum absolute atomic E-state index is 11.9. The molecule has 106 valence electrons. The van der Waals surface area contributed by atoms with Crippen LogP contribution in [0.2, 0.25) is 0 Å². The lowest BCUT2D eigenvalue weighted by Gasteiger charge is -2.01. The Labute approximate surface area is 123 Å². The Morgan fingerprint density at radius 3 is 3.00 bits per heavy atom. The number of amides is 1. The van der Waals surface area contributed by atoms with Crippen LogP contribution >= 0.6 is 11.3 Å². The Kier molecular flexibility index (Phi) is 4.90. The van der Waals surface area contributed by atoms with Crippen molar-refractivity contribution in [3.8, 4) is 0 Å². The Hall–Kier alpha value is -1.68. The molecule has 4 heteroatoms. The van der Waals surface area contributed by atoms with E-state index in [1.807, 2.05) is 6.08 Å². The van der Waals surface area contributed by atoms with Gasteiger partial charge in [-0.1, -0.05) is 36.8 Å². The Bertz CT molecular complexity index is 694. The molecule has 3 nitrogen and oxygen atoms in total. The Morgan fingerprint density at radius 2 is 2.30 bits per heavy atom. The first-order valence-electron chi connectivity index (χ1n) is 6.94. The first-order valence-corrected chi connectivity index (χ1v) is 7.75. The highest BCUT2D eigenvalue weighted by molar-refractivity contribution is 7.16. The average molecular weight is 288 g/mol. The van der Waals surface area contributed by atoms with Crippen LogP contribution in [0, 0.1) is 6.92 Å². The molecule has 0 aliphatic rings. The molecule has 0 bridgehead atoms. The maximum atomic E-state index is 11.9. The average Bonchev–Trinajstić information content (AvgIpc) is 2.74. The number of fused-ring (bicyclic) bond motifs is 1. The SMILES string of the molecule is C=CCn1c(=NC(=O)CCCC)sc2cc(C)ccc21. The smallest absolute Gasteiger partial charge is 0.248 e. The highest BCUT2D eigenvalue weighted by atomic mass is 32.1. The first kappa shape index (κ1) is 14.7. The Morgan fingerprint density at radius 1 is 1.50 bits per heavy atom. The van der Waals surface area contributed by atoms with Crippen molar-refractivity contribution in [3.05, 3.63) is 41.2 Å². The van der Waals surface area contributed by atoms with E-state index >= 15 is 0 Å². The first-order chi connectivity index (χ1) is 9.65. The second kappa shape index (κ2) is 6.66. The predicted molar refractivity (Wildman–Crippen MR) is 84.8 cm³/mol. The summed E-state index contributed by atoms with van der Waals surface area (Å²) in [6.45, 7) is 8.60. The van der Waals surface area contributed by atoms with Gasteiger partial charge in [-0.05, 0) is 31.0 Å². The number of allylic oxidation sites excluding steroid dienone is 1. The fourth-order valence-electron chi connectivity index (χ4n) is 2.06. The molecule has 0 atom stereocenters. The summed E-state index contributed by atoms with van der Waals surface area (Å²) in [6.07, 6.45) is 4.27. The van der Waals surface area contributed by atoms with Gasteiger partial charge in [0.05, 0.1) is 10.2 Å². The maximum Gasteiger partial charge on any atom is 0.248 e. The van der Waals surface area contributed by atoms with Crippen molar-refractivity contribution in [2.24, 2.45) is 4.99 Å². The van der Waals surface area contributed by atoms with Gasteiger partial charge in [0.25, 0.3) is 0 Å². The second-order valence-electron chi connectivity index (χ2n) is 4.86. The standard InChI is InChI=1S/C16H20N2OS/c1-4-6-7-15(19)17-16-18(10-5-2)13-9-8-12(3)11-14(13)20-16/h5,8-9,11H,2,4,6-7,10H2,1,3H3. The molecule has 2 rings (SSSR count). The van der Waals surface area contributed by atoms with Crippen molar-refractivity contribution in [1.29, 1.82) is 0 Å². The minimum Gasteiger partial charge on any atom is -0.313 e. The van der Waals surface area contributed by atoms with Gasteiger partial charge in [0.1, 0.15) is 0 Å². The summed E-state index contributed by atoms with van der Waals surface area (Å²) < 4.78 is 3.21. The molecule has 0 unspecified atom stereocenters. The van der Waals surface area contributed by atoms with Crippen LogP contribution in [0.3, 0.4) is 0 Å². The molecule has 0 radical (unpaired) electrons. The molecule has 0 saturated heterocycles. The number of hydrogen-bond donors (Lipinski definition) is 0. The van der Waals surface area contributed by atoms with Gasteiger partial charge in [-0.25, -0.2) is 0 Å². The van der Waals surface area contributed by atoms with Crippen LogP contribution in [0.15, 0.2) is 35.8 Å². The van der Waals surface area contributed by atoms with E-state index in [1.54, 1.807) is 11.3 Å². The van der Waals surface area contributed by atoms with Gasteiger partial charge in [-0.15, -0.1) is 6.58 Å². The van der Waals surface area contributed by atoms with Gasteiger partial charge in [0.2, 0.25) is 5.91 Å². The highest BCUT2D eigenvalue weighted by Gasteiger charge is 2.07. The van der Waals surface area contributed by atoms with Crippen LogP contribution < -0.4 is 4.80 Å². The minimum absolute atomic E-state index is 0.0343. The lowest BCUT2D eigenvalue weighted by molar-refractivity contribution is -0.118. The van der Waals surface area contributed by atoms with Crippen molar-refractivity contribution < 1.29 is 4.79 Å². The lowest BCUT2D eigenvalue weighted by Crippen LogP contribution is -2.16. The van der Waals surface area contributed by atoms with E-state index in [0.29, 0.717) is 13.0 Å². The fraction of sp³-hybridized carbons (Fsp3) is 0.375. The van der Waals surface area contributed by atoms with E-state index in [4.69, 9.17) is 0 Å². The predicted octanol–water partition coefficient (Wildman–Crippen LogP) is 3.81. The zero-order valence-electron chi connectivity index (χ0n) is 12.1. The van der Waals surface area contributed by atoms with Crippen molar-refractivity contribution in [1.82, 2.24) is 4.57 Å². The van der Waals surface area contributed by atoms with Gasteiger partial charge in [-0.3, -0.25) is 4.79 Å². The monoisotopic (exact) mass is 288 g/mol. The van der Waals surface area contributed by atoms with Crippen LogP contribution in [-0.2, 0) is 11.3 Å². The molecule has 0 saturated carbocycles. The number of aryl methyl sites for hydroxylation is 1. The second-order valence-corrected chi connectivity index (χ2v) is 5.87. The number of thiazole rings is 1. The molecule has 1 aromatic heterocycles. The van der Waals surface area contributed by atoms with Crippen molar-refractivity contribution >= 4 is 27.5 Å². The van der Waals surface area contributed by atoms with Crippen LogP contribution in [0.1, 0.15) is 31.7 Å². The molecule has 2 aromatic rings. The van der Waals surface area contributed by atoms with Crippen LogP contribution in [0.4, 0.5) is 0 Å². The van der Waals surface area contributed by atoms with Crippen molar-refractivity contribution in [2.75, 3.05) is 0 Å².